The second kappa shape index (κ2) is 8.14. The number of rotatable bonds is 6. The third-order valence-corrected chi connectivity index (χ3v) is 3.49. The minimum atomic E-state index is -4.44. The number of esters is 1. The van der Waals surface area contributed by atoms with Crippen LogP contribution < -0.4 is 15.7 Å². The molecule has 0 saturated carbocycles. The summed E-state index contributed by atoms with van der Waals surface area (Å²) in [7, 11) is 0. The fourth-order valence-corrected chi connectivity index (χ4v) is 2.43. The molecule has 2 rings (SSSR count). The quantitative estimate of drug-likeness (QED) is 0.509. The maximum Gasteiger partial charge on any atom is 0.405 e. The van der Waals surface area contributed by atoms with E-state index >= 15 is 0 Å². The van der Waals surface area contributed by atoms with E-state index in [4.69, 9.17) is 9.94 Å². The molecule has 140 valence electrons. The van der Waals surface area contributed by atoms with Crippen molar-refractivity contribution in [2.45, 2.75) is 25.9 Å². The van der Waals surface area contributed by atoms with Crippen molar-refractivity contribution in [2.24, 2.45) is 5.92 Å². The van der Waals surface area contributed by atoms with E-state index in [1.165, 1.54) is 0 Å². The second-order valence-electron chi connectivity index (χ2n) is 5.40. The summed E-state index contributed by atoms with van der Waals surface area (Å²) < 4.78 is 42.0. The van der Waals surface area contributed by atoms with Crippen LogP contribution in [0.4, 0.5) is 31.0 Å². The highest BCUT2D eigenvalue weighted by Crippen LogP contribution is 2.23. The summed E-state index contributed by atoms with van der Waals surface area (Å²) in [6.45, 7) is 1.44. The normalized spacial score (nSPS) is 18.0. The molecule has 0 amide bonds. The van der Waals surface area contributed by atoms with Gasteiger partial charge in [-0.2, -0.15) is 28.1 Å². The van der Waals surface area contributed by atoms with Crippen LogP contribution in [0, 0.1) is 5.92 Å². The number of ether oxygens (including phenoxy) is 1. The molecule has 3 N–H and O–H groups in total. The molecule has 0 aromatic carbocycles. The van der Waals surface area contributed by atoms with Gasteiger partial charge in [0.15, 0.2) is 0 Å². The molecule has 0 radical (unpaired) electrons. The van der Waals surface area contributed by atoms with Gasteiger partial charge in [-0.3, -0.25) is 10.0 Å². The largest absolute Gasteiger partial charge is 0.466 e. The average molecular weight is 364 g/mol. The van der Waals surface area contributed by atoms with Gasteiger partial charge in [0.2, 0.25) is 11.9 Å². The Balaban J connectivity index is 2.15. The minimum Gasteiger partial charge on any atom is -0.466 e. The third-order valence-electron chi connectivity index (χ3n) is 3.49. The summed E-state index contributed by atoms with van der Waals surface area (Å²) in [4.78, 5) is 25.0. The van der Waals surface area contributed by atoms with E-state index in [2.05, 4.69) is 15.0 Å². The molecule has 25 heavy (non-hydrogen) atoms. The Morgan fingerprint density at radius 3 is 2.72 bits per heavy atom. The number of carbonyl (C=O) groups is 1. The van der Waals surface area contributed by atoms with Crippen molar-refractivity contribution in [3.8, 4) is 0 Å². The van der Waals surface area contributed by atoms with Gasteiger partial charge in [-0.25, -0.2) is 5.48 Å². The van der Waals surface area contributed by atoms with Crippen LogP contribution in [0.5, 0.6) is 0 Å². The van der Waals surface area contributed by atoms with Crippen LogP contribution in [-0.2, 0) is 9.53 Å². The highest BCUT2D eigenvalue weighted by atomic mass is 19.4. The van der Waals surface area contributed by atoms with E-state index in [0.29, 0.717) is 19.4 Å². The van der Waals surface area contributed by atoms with Crippen LogP contribution in [0.3, 0.4) is 0 Å². The standard InChI is InChI=1S/C13H19F3N6O3/c1-2-25-9(23)8-4-3-5-22(6-8)12-19-10(17-7-13(14,15)16)18-11(20-12)21-24/h8,24H,2-7H2,1H3,(H2,17,18,19,20,21). The van der Waals surface area contributed by atoms with Crippen LogP contribution in [-0.4, -0.2) is 58.5 Å². The lowest BCUT2D eigenvalue weighted by Gasteiger charge is -2.31. The van der Waals surface area contributed by atoms with Crippen LogP contribution in [0.15, 0.2) is 0 Å². The topological polar surface area (TPSA) is 112 Å². The van der Waals surface area contributed by atoms with E-state index in [-0.39, 0.29) is 42.9 Å². The molecule has 1 saturated heterocycles. The Labute approximate surface area is 141 Å². The Morgan fingerprint density at radius 1 is 1.36 bits per heavy atom. The van der Waals surface area contributed by atoms with Gasteiger partial charge in [0.05, 0.1) is 12.5 Å². The van der Waals surface area contributed by atoms with Crippen molar-refractivity contribution in [2.75, 3.05) is 41.9 Å². The van der Waals surface area contributed by atoms with E-state index in [0.717, 1.165) is 0 Å². The second-order valence-corrected chi connectivity index (χ2v) is 5.40. The molecule has 1 aliphatic rings. The Morgan fingerprint density at radius 2 is 2.08 bits per heavy atom. The van der Waals surface area contributed by atoms with Crippen LogP contribution in [0.25, 0.3) is 0 Å². The highest BCUT2D eigenvalue weighted by Gasteiger charge is 2.30. The van der Waals surface area contributed by atoms with Crippen molar-refractivity contribution in [1.82, 2.24) is 15.0 Å². The molecular weight excluding hydrogens is 345 g/mol. The van der Waals surface area contributed by atoms with Gasteiger partial charge < -0.3 is 15.0 Å². The molecule has 9 nitrogen and oxygen atoms in total. The van der Waals surface area contributed by atoms with Gasteiger partial charge in [0, 0.05) is 13.1 Å². The maximum absolute atomic E-state index is 12.3. The molecule has 1 aromatic rings. The summed E-state index contributed by atoms with van der Waals surface area (Å²) in [5.41, 5.74) is 1.70. The first kappa shape index (κ1) is 19.0. The Kier molecular flexibility index (Phi) is 6.17. The number of anilines is 3. The summed E-state index contributed by atoms with van der Waals surface area (Å²) >= 11 is 0. The predicted molar refractivity (Wildman–Crippen MR) is 81.4 cm³/mol. The number of nitrogens with one attached hydrogen (secondary N) is 2. The lowest BCUT2D eigenvalue weighted by molar-refractivity contribution is -0.148. The van der Waals surface area contributed by atoms with Gasteiger partial charge in [0.25, 0.3) is 5.95 Å². The first-order chi connectivity index (χ1) is 11.8. The zero-order valence-corrected chi connectivity index (χ0v) is 13.5. The molecule has 0 spiro atoms. The van der Waals surface area contributed by atoms with E-state index in [1.54, 1.807) is 17.3 Å². The summed E-state index contributed by atoms with van der Waals surface area (Å²) in [6, 6.07) is 0. The van der Waals surface area contributed by atoms with Crippen molar-refractivity contribution >= 4 is 23.8 Å². The zero-order chi connectivity index (χ0) is 18.4. The maximum atomic E-state index is 12.3. The lowest BCUT2D eigenvalue weighted by atomic mass is 9.98. The number of halogens is 3. The van der Waals surface area contributed by atoms with Crippen molar-refractivity contribution in [3.05, 3.63) is 0 Å². The van der Waals surface area contributed by atoms with Crippen LogP contribution in [0.2, 0.25) is 0 Å². The summed E-state index contributed by atoms with van der Waals surface area (Å²) in [5.74, 6) is -1.28. The van der Waals surface area contributed by atoms with Crippen LogP contribution >= 0.6 is 0 Å². The molecular formula is C13H19F3N6O3. The molecule has 12 heteroatoms. The van der Waals surface area contributed by atoms with E-state index in [9.17, 15) is 18.0 Å². The number of alkyl halides is 3. The molecule has 0 aliphatic carbocycles. The number of carbonyl (C=O) groups excluding carboxylic acids is 1. The molecule has 0 bridgehead atoms. The molecule has 1 unspecified atom stereocenters. The Hall–Kier alpha value is -2.37. The van der Waals surface area contributed by atoms with Crippen molar-refractivity contribution < 1.29 is 27.9 Å². The van der Waals surface area contributed by atoms with Crippen molar-refractivity contribution in [1.29, 1.82) is 0 Å². The number of piperidine rings is 1. The van der Waals surface area contributed by atoms with Gasteiger partial charge >= 0.3 is 12.1 Å². The van der Waals surface area contributed by atoms with Gasteiger partial charge in [-0.1, -0.05) is 0 Å². The van der Waals surface area contributed by atoms with Crippen molar-refractivity contribution in [3.63, 3.8) is 0 Å². The third kappa shape index (κ3) is 5.59. The van der Waals surface area contributed by atoms with E-state index < -0.39 is 12.7 Å². The molecule has 1 aromatic heterocycles. The average Bonchev–Trinajstić information content (AvgIpc) is 2.59. The van der Waals surface area contributed by atoms with E-state index in [1.807, 2.05) is 5.32 Å². The first-order valence-electron chi connectivity index (χ1n) is 7.70. The number of hydrogen-bond acceptors (Lipinski definition) is 9. The SMILES string of the molecule is CCOC(=O)C1CCCN(c2nc(NO)nc(NCC(F)(F)F)n2)C1. The number of hydrogen-bond donors (Lipinski definition) is 3. The molecule has 1 fully saturated rings. The zero-order valence-electron chi connectivity index (χ0n) is 13.5. The fraction of sp³-hybridized carbons (Fsp3) is 0.692. The predicted octanol–water partition coefficient (Wildman–Crippen LogP) is 1.43. The van der Waals surface area contributed by atoms with Gasteiger partial charge in [-0.05, 0) is 19.8 Å². The Bertz CT molecular complexity index is 601. The minimum absolute atomic E-state index is 0.0604. The van der Waals surface area contributed by atoms with Gasteiger partial charge in [0.1, 0.15) is 6.54 Å². The molecule has 1 aliphatic heterocycles. The highest BCUT2D eigenvalue weighted by molar-refractivity contribution is 5.73. The monoisotopic (exact) mass is 364 g/mol. The number of aromatic nitrogens is 3. The summed E-state index contributed by atoms with van der Waals surface area (Å²) in [5, 5.41) is 11.0. The smallest absolute Gasteiger partial charge is 0.405 e. The first-order valence-corrected chi connectivity index (χ1v) is 7.70. The molecule has 1 atom stereocenters. The fourth-order valence-electron chi connectivity index (χ4n) is 2.43. The summed E-state index contributed by atoms with van der Waals surface area (Å²) in [6.07, 6.45) is -3.13. The lowest BCUT2D eigenvalue weighted by Crippen LogP contribution is -2.40. The molecule has 2 heterocycles. The van der Waals surface area contributed by atoms with Crippen LogP contribution in [0.1, 0.15) is 19.8 Å². The number of nitrogens with zero attached hydrogens (tertiary/aromatic N) is 4. The van der Waals surface area contributed by atoms with Gasteiger partial charge in [-0.15, -0.1) is 0 Å².